The van der Waals surface area contributed by atoms with Crippen LogP contribution >= 0.6 is 0 Å². The second-order valence-electron chi connectivity index (χ2n) is 6.08. The summed E-state index contributed by atoms with van der Waals surface area (Å²) in [5, 5.41) is 0. The van der Waals surface area contributed by atoms with E-state index in [1.165, 1.54) is 42.4 Å². The summed E-state index contributed by atoms with van der Waals surface area (Å²) in [7, 11) is 2.46. The Labute approximate surface area is 93.0 Å². The SMILES string of the molecule is C[C@@H]1N=C([N+](C)(C2CC2)C2CC2)C[C@@H]1C. The molecule has 2 saturated carbocycles. The van der Waals surface area contributed by atoms with E-state index < -0.39 is 0 Å². The molecular formula is C13H23N2+. The molecule has 0 aromatic heterocycles. The highest BCUT2D eigenvalue weighted by Gasteiger charge is 2.55. The third-order valence-electron chi connectivity index (χ3n) is 4.85. The molecule has 0 spiro atoms. The van der Waals surface area contributed by atoms with Gasteiger partial charge in [-0.15, -0.1) is 0 Å². The Hall–Kier alpha value is -0.370. The molecule has 0 aromatic carbocycles. The van der Waals surface area contributed by atoms with Crippen LogP contribution in [-0.4, -0.2) is 35.5 Å². The Morgan fingerprint density at radius 1 is 1.07 bits per heavy atom. The van der Waals surface area contributed by atoms with Crippen molar-refractivity contribution in [3.05, 3.63) is 0 Å². The molecule has 84 valence electrons. The van der Waals surface area contributed by atoms with Gasteiger partial charge in [0.25, 0.3) is 0 Å². The van der Waals surface area contributed by atoms with E-state index >= 15 is 0 Å². The number of quaternary nitrogens is 1. The summed E-state index contributed by atoms with van der Waals surface area (Å²) in [6.45, 7) is 4.63. The van der Waals surface area contributed by atoms with Gasteiger partial charge in [-0.25, -0.2) is 4.99 Å². The van der Waals surface area contributed by atoms with Crippen LogP contribution in [0.5, 0.6) is 0 Å². The lowest BCUT2D eigenvalue weighted by atomic mass is 10.0. The largest absolute Gasteiger partial charge is 0.276 e. The number of hydrogen-bond donors (Lipinski definition) is 0. The summed E-state index contributed by atoms with van der Waals surface area (Å²) in [5.41, 5.74) is 0. The van der Waals surface area contributed by atoms with E-state index in [-0.39, 0.29) is 0 Å². The summed E-state index contributed by atoms with van der Waals surface area (Å²) in [6, 6.07) is 2.41. The number of nitrogens with zero attached hydrogens (tertiary/aromatic N) is 2. The van der Waals surface area contributed by atoms with E-state index in [2.05, 4.69) is 20.9 Å². The van der Waals surface area contributed by atoms with Crippen molar-refractivity contribution in [2.24, 2.45) is 10.9 Å². The monoisotopic (exact) mass is 207 g/mol. The molecule has 1 aliphatic heterocycles. The van der Waals surface area contributed by atoms with E-state index in [1.807, 2.05) is 0 Å². The van der Waals surface area contributed by atoms with Crippen LogP contribution in [0.25, 0.3) is 0 Å². The zero-order chi connectivity index (χ0) is 10.6. The summed E-state index contributed by atoms with van der Waals surface area (Å²) >= 11 is 0. The fourth-order valence-electron chi connectivity index (χ4n) is 3.14. The molecule has 0 aromatic rings. The van der Waals surface area contributed by atoms with Crippen LogP contribution in [0.1, 0.15) is 46.0 Å². The molecule has 0 amide bonds. The van der Waals surface area contributed by atoms with Gasteiger partial charge in [-0.3, -0.25) is 4.48 Å². The first kappa shape index (κ1) is 9.83. The highest BCUT2D eigenvalue weighted by molar-refractivity contribution is 5.78. The topological polar surface area (TPSA) is 12.4 Å². The van der Waals surface area contributed by atoms with Crippen molar-refractivity contribution < 1.29 is 4.48 Å². The fraction of sp³-hybridized carbons (Fsp3) is 0.923. The quantitative estimate of drug-likeness (QED) is 0.617. The number of rotatable bonds is 2. The molecule has 2 heteroatoms. The minimum Gasteiger partial charge on any atom is -0.276 e. The highest BCUT2D eigenvalue weighted by Crippen LogP contribution is 2.45. The first-order valence-electron chi connectivity index (χ1n) is 6.55. The molecule has 0 radical (unpaired) electrons. The van der Waals surface area contributed by atoms with Crippen LogP contribution in [0.15, 0.2) is 4.99 Å². The first-order valence-corrected chi connectivity index (χ1v) is 6.55. The minimum atomic E-state index is 0.565. The molecule has 0 saturated heterocycles. The van der Waals surface area contributed by atoms with Crippen LogP contribution in [0, 0.1) is 5.92 Å². The lowest BCUT2D eigenvalue weighted by Gasteiger charge is -2.34. The lowest BCUT2D eigenvalue weighted by Crippen LogP contribution is -2.52. The standard InChI is InChI=1S/C13H23N2/c1-9-8-13(14-10(9)2)15(3,11-4-5-11)12-6-7-12/h9-12H,4-8H2,1-3H3/q+1/t9-,10-/m0/s1. The van der Waals surface area contributed by atoms with Gasteiger partial charge in [0, 0.05) is 32.1 Å². The maximum atomic E-state index is 4.95. The molecule has 3 aliphatic rings. The maximum absolute atomic E-state index is 4.95. The van der Waals surface area contributed by atoms with Crippen LogP contribution in [0.4, 0.5) is 0 Å². The fourth-order valence-corrected chi connectivity index (χ4v) is 3.14. The molecule has 0 bridgehead atoms. The average molecular weight is 207 g/mol. The van der Waals surface area contributed by atoms with Gasteiger partial charge in [0.15, 0.2) is 5.84 Å². The predicted octanol–water partition coefficient (Wildman–Crippen LogP) is 2.58. The predicted molar refractivity (Wildman–Crippen MR) is 62.9 cm³/mol. The molecule has 2 fully saturated rings. The molecule has 0 N–H and O–H groups in total. The molecule has 0 unspecified atom stereocenters. The van der Waals surface area contributed by atoms with E-state index in [0.29, 0.717) is 6.04 Å². The molecule has 2 aliphatic carbocycles. The zero-order valence-corrected chi connectivity index (χ0v) is 10.2. The summed E-state index contributed by atoms with van der Waals surface area (Å²) < 4.78 is 1.23. The molecule has 2 nitrogen and oxygen atoms in total. The van der Waals surface area contributed by atoms with Crippen molar-refractivity contribution in [3.8, 4) is 0 Å². The normalized spacial score (nSPS) is 36.9. The molecule has 2 atom stereocenters. The van der Waals surface area contributed by atoms with E-state index in [1.54, 1.807) is 0 Å². The van der Waals surface area contributed by atoms with Gasteiger partial charge in [-0.05, 0) is 12.8 Å². The Bertz CT molecular complexity index is 288. The van der Waals surface area contributed by atoms with Crippen LogP contribution < -0.4 is 0 Å². The average Bonchev–Trinajstić information content (AvgIpc) is 3.05. The van der Waals surface area contributed by atoms with Crippen molar-refractivity contribution in [2.45, 2.75) is 64.1 Å². The van der Waals surface area contributed by atoms with Gasteiger partial charge in [0.05, 0.1) is 25.2 Å². The summed E-state index contributed by atoms with van der Waals surface area (Å²) in [6.07, 6.45) is 7.01. The van der Waals surface area contributed by atoms with Gasteiger partial charge in [0.1, 0.15) is 0 Å². The van der Waals surface area contributed by atoms with E-state index in [9.17, 15) is 0 Å². The third kappa shape index (κ3) is 1.45. The second kappa shape index (κ2) is 3.07. The van der Waals surface area contributed by atoms with Crippen molar-refractivity contribution in [2.75, 3.05) is 7.05 Å². The van der Waals surface area contributed by atoms with Gasteiger partial charge >= 0.3 is 0 Å². The van der Waals surface area contributed by atoms with Gasteiger partial charge in [-0.2, -0.15) is 0 Å². The van der Waals surface area contributed by atoms with Gasteiger partial charge in [0.2, 0.25) is 0 Å². The zero-order valence-electron chi connectivity index (χ0n) is 10.2. The molecule has 15 heavy (non-hydrogen) atoms. The van der Waals surface area contributed by atoms with Gasteiger partial charge < -0.3 is 0 Å². The lowest BCUT2D eigenvalue weighted by molar-refractivity contribution is -0.845. The summed E-state index contributed by atoms with van der Waals surface area (Å²) in [4.78, 5) is 4.95. The number of aliphatic imine (C=N–C) groups is 1. The third-order valence-corrected chi connectivity index (χ3v) is 4.85. The Morgan fingerprint density at radius 2 is 1.60 bits per heavy atom. The van der Waals surface area contributed by atoms with Crippen molar-refractivity contribution in [1.82, 2.24) is 0 Å². The van der Waals surface area contributed by atoms with Crippen LogP contribution in [-0.2, 0) is 0 Å². The molecular weight excluding hydrogens is 184 g/mol. The Balaban J connectivity index is 1.86. The molecule has 3 rings (SSSR count). The van der Waals surface area contributed by atoms with Crippen LogP contribution in [0.2, 0.25) is 0 Å². The van der Waals surface area contributed by atoms with E-state index in [4.69, 9.17) is 4.99 Å². The van der Waals surface area contributed by atoms with Crippen LogP contribution in [0.3, 0.4) is 0 Å². The Morgan fingerprint density at radius 3 is 1.93 bits per heavy atom. The van der Waals surface area contributed by atoms with Crippen molar-refractivity contribution in [1.29, 1.82) is 0 Å². The maximum Gasteiger partial charge on any atom is 0.199 e. The Kier molecular flexibility index (Phi) is 2.01. The second-order valence-corrected chi connectivity index (χ2v) is 6.08. The van der Waals surface area contributed by atoms with Crippen molar-refractivity contribution in [3.63, 3.8) is 0 Å². The first-order chi connectivity index (χ1) is 7.12. The van der Waals surface area contributed by atoms with E-state index in [0.717, 1.165) is 18.0 Å². The smallest absolute Gasteiger partial charge is 0.199 e. The van der Waals surface area contributed by atoms with Gasteiger partial charge in [-0.1, -0.05) is 6.92 Å². The summed E-state index contributed by atoms with van der Waals surface area (Å²) in [5.74, 6) is 2.30. The number of hydrogen-bond acceptors (Lipinski definition) is 1. The molecule has 1 heterocycles. The minimum absolute atomic E-state index is 0.565. The van der Waals surface area contributed by atoms with Crippen molar-refractivity contribution >= 4 is 5.84 Å². The highest BCUT2D eigenvalue weighted by atomic mass is 15.5. The number of amidine groups is 1.